The lowest BCUT2D eigenvalue weighted by atomic mass is 10.1. The number of nitrogens with zero attached hydrogens (tertiary/aromatic N) is 2. The Hall–Kier alpha value is -1.84. The maximum Gasteiger partial charge on any atom is 0.223 e. The predicted molar refractivity (Wildman–Crippen MR) is 75.4 cm³/mol. The third-order valence-electron chi connectivity index (χ3n) is 3.22. The molecule has 0 saturated heterocycles. The first-order valence-electron chi connectivity index (χ1n) is 6.23. The molecule has 4 heteroatoms. The minimum absolute atomic E-state index is 0.0373. The molecule has 1 aromatic rings. The first kappa shape index (κ1) is 12.6. The quantitative estimate of drug-likeness (QED) is 0.870. The maximum absolute atomic E-state index is 11.3. The van der Waals surface area contributed by atoms with Crippen molar-refractivity contribution in [2.75, 3.05) is 23.8 Å². The van der Waals surface area contributed by atoms with E-state index in [1.807, 2.05) is 25.1 Å². The van der Waals surface area contributed by atoms with Crippen LogP contribution in [0.2, 0.25) is 0 Å². The molecule has 0 aliphatic carbocycles. The van der Waals surface area contributed by atoms with E-state index in [1.165, 1.54) is 0 Å². The van der Waals surface area contributed by atoms with Crippen LogP contribution in [0.4, 0.5) is 11.4 Å². The summed E-state index contributed by atoms with van der Waals surface area (Å²) in [6.07, 6.45) is 2.15. The van der Waals surface area contributed by atoms with E-state index < -0.39 is 0 Å². The number of nitrogens with one attached hydrogen (secondary N) is 1. The van der Waals surface area contributed by atoms with Crippen LogP contribution in [0.1, 0.15) is 25.3 Å². The van der Waals surface area contributed by atoms with Gasteiger partial charge in [-0.2, -0.15) is 0 Å². The lowest BCUT2D eigenvalue weighted by Crippen LogP contribution is -2.22. The second kappa shape index (κ2) is 5.21. The number of rotatable bonds is 2. The van der Waals surface area contributed by atoms with Crippen molar-refractivity contribution in [1.82, 2.24) is 0 Å². The summed E-state index contributed by atoms with van der Waals surface area (Å²) in [6, 6.07) is 5.97. The average Bonchev–Trinajstić information content (AvgIpc) is 2.83. The van der Waals surface area contributed by atoms with Crippen LogP contribution in [0.15, 0.2) is 23.2 Å². The normalized spacial score (nSPS) is 14.3. The topological polar surface area (TPSA) is 44.7 Å². The molecule has 1 aliphatic heterocycles. The van der Waals surface area contributed by atoms with E-state index >= 15 is 0 Å². The van der Waals surface area contributed by atoms with Crippen LogP contribution in [0.25, 0.3) is 0 Å². The average molecular weight is 245 g/mol. The molecule has 1 amide bonds. The third-order valence-corrected chi connectivity index (χ3v) is 3.22. The van der Waals surface area contributed by atoms with Gasteiger partial charge in [-0.25, -0.2) is 0 Å². The van der Waals surface area contributed by atoms with E-state index in [0.717, 1.165) is 42.2 Å². The number of carbonyl (C=O) groups excluding carboxylic acids is 1. The Kier molecular flexibility index (Phi) is 3.65. The van der Waals surface area contributed by atoms with Gasteiger partial charge in [0.1, 0.15) is 5.84 Å². The molecule has 0 atom stereocenters. The van der Waals surface area contributed by atoms with Crippen LogP contribution < -0.4 is 10.2 Å². The lowest BCUT2D eigenvalue weighted by molar-refractivity contribution is -0.116. The zero-order valence-corrected chi connectivity index (χ0v) is 11.2. The molecule has 4 nitrogen and oxygen atoms in total. The number of aliphatic imine (C=N–C) groups is 1. The first-order chi connectivity index (χ1) is 8.58. The molecular weight excluding hydrogens is 226 g/mol. The SMILES string of the molecule is CC(=O)N(C)c1ccc(NC2=NCCC2)c(C)c1. The van der Waals surface area contributed by atoms with Gasteiger partial charge in [-0.3, -0.25) is 9.79 Å². The number of amides is 1. The molecule has 0 radical (unpaired) electrons. The number of anilines is 2. The number of carbonyl (C=O) groups is 1. The zero-order valence-electron chi connectivity index (χ0n) is 11.2. The fraction of sp³-hybridized carbons (Fsp3) is 0.429. The molecule has 0 spiro atoms. The largest absolute Gasteiger partial charge is 0.344 e. The summed E-state index contributed by atoms with van der Waals surface area (Å²) >= 11 is 0. The number of hydrogen-bond donors (Lipinski definition) is 1. The summed E-state index contributed by atoms with van der Waals surface area (Å²) in [7, 11) is 1.78. The molecule has 0 aromatic heterocycles. The van der Waals surface area contributed by atoms with E-state index in [9.17, 15) is 4.79 Å². The van der Waals surface area contributed by atoms with Gasteiger partial charge in [-0.15, -0.1) is 0 Å². The zero-order chi connectivity index (χ0) is 13.1. The Balaban J connectivity index is 2.17. The smallest absolute Gasteiger partial charge is 0.223 e. The number of hydrogen-bond acceptors (Lipinski definition) is 3. The summed E-state index contributed by atoms with van der Waals surface area (Å²) in [5, 5.41) is 3.35. The van der Waals surface area contributed by atoms with Crippen LogP contribution >= 0.6 is 0 Å². The Morgan fingerprint density at radius 3 is 2.78 bits per heavy atom. The van der Waals surface area contributed by atoms with Gasteiger partial charge in [-0.1, -0.05) is 0 Å². The molecule has 1 N–H and O–H groups in total. The molecule has 0 fully saturated rings. The summed E-state index contributed by atoms with van der Waals surface area (Å²) in [5.74, 6) is 1.10. The highest BCUT2D eigenvalue weighted by Crippen LogP contribution is 2.23. The molecular formula is C14H19N3O. The maximum atomic E-state index is 11.3. The standard InChI is InChI=1S/C14H19N3O/c1-10-9-12(17(3)11(2)18)6-7-13(10)16-14-5-4-8-15-14/h6-7,9H,4-5,8H2,1-3H3,(H,15,16). The van der Waals surface area contributed by atoms with Crippen LogP contribution in [0.5, 0.6) is 0 Å². The molecule has 2 rings (SSSR count). The fourth-order valence-electron chi connectivity index (χ4n) is 1.98. The van der Waals surface area contributed by atoms with Gasteiger partial charge in [0.2, 0.25) is 5.91 Å². The Morgan fingerprint density at radius 1 is 1.44 bits per heavy atom. The van der Waals surface area contributed by atoms with Crippen molar-refractivity contribution in [3.8, 4) is 0 Å². The number of aryl methyl sites for hydroxylation is 1. The van der Waals surface area contributed by atoms with E-state index in [2.05, 4.69) is 10.3 Å². The Bertz CT molecular complexity index is 494. The molecule has 1 aliphatic rings. The van der Waals surface area contributed by atoms with Crippen molar-refractivity contribution in [2.45, 2.75) is 26.7 Å². The molecule has 1 heterocycles. The second-order valence-electron chi connectivity index (χ2n) is 4.63. The van der Waals surface area contributed by atoms with Crippen LogP contribution in [0.3, 0.4) is 0 Å². The number of benzene rings is 1. The minimum Gasteiger partial charge on any atom is -0.344 e. The summed E-state index contributed by atoms with van der Waals surface area (Å²) in [6.45, 7) is 4.52. The summed E-state index contributed by atoms with van der Waals surface area (Å²) < 4.78 is 0. The summed E-state index contributed by atoms with van der Waals surface area (Å²) in [4.78, 5) is 17.4. The molecule has 0 bridgehead atoms. The van der Waals surface area contributed by atoms with Crippen molar-refractivity contribution in [3.05, 3.63) is 23.8 Å². The number of amidine groups is 1. The van der Waals surface area contributed by atoms with Gasteiger partial charge in [0, 0.05) is 38.3 Å². The molecule has 0 saturated carbocycles. The highest BCUT2D eigenvalue weighted by atomic mass is 16.2. The Morgan fingerprint density at radius 2 is 2.22 bits per heavy atom. The fourth-order valence-corrected chi connectivity index (χ4v) is 1.98. The molecule has 18 heavy (non-hydrogen) atoms. The Labute approximate surface area is 108 Å². The van der Waals surface area contributed by atoms with Crippen molar-refractivity contribution >= 4 is 23.1 Å². The first-order valence-corrected chi connectivity index (χ1v) is 6.23. The summed E-state index contributed by atoms with van der Waals surface area (Å²) in [5.41, 5.74) is 3.10. The van der Waals surface area contributed by atoms with Gasteiger partial charge < -0.3 is 10.2 Å². The van der Waals surface area contributed by atoms with E-state index in [-0.39, 0.29) is 5.91 Å². The predicted octanol–water partition coefficient (Wildman–Crippen LogP) is 2.58. The van der Waals surface area contributed by atoms with Crippen molar-refractivity contribution < 1.29 is 4.79 Å². The van der Waals surface area contributed by atoms with Crippen molar-refractivity contribution in [3.63, 3.8) is 0 Å². The third kappa shape index (κ3) is 2.70. The van der Waals surface area contributed by atoms with E-state index in [1.54, 1.807) is 18.9 Å². The molecule has 96 valence electrons. The van der Waals surface area contributed by atoms with Gasteiger partial charge >= 0.3 is 0 Å². The van der Waals surface area contributed by atoms with Crippen molar-refractivity contribution in [2.24, 2.45) is 4.99 Å². The molecule has 0 unspecified atom stereocenters. The van der Waals surface area contributed by atoms with Gasteiger partial charge in [0.05, 0.1) is 0 Å². The lowest BCUT2D eigenvalue weighted by Gasteiger charge is -2.17. The van der Waals surface area contributed by atoms with Crippen LogP contribution in [0, 0.1) is 6.92 Å². The van der Waals surface area contributed by atoms with Gasteiger partial charge in [-0.05, 0) is 37.1 Å². The highest BCUT2D eigenvalue weighted by Gasteiger charge is 2.10. The second-order valence-corrected chi connectivity index (χ2v) is 4.63. The van der Waals surface area contributed by atoms with Gasteiger partial charge in [0.15, 0.2) is 0 Å². The van der Waals surface area contributed by atoms with Crippen LogP contribution in [-0.2, 0) is 4.79 Å². The monoisotopic (exact) mass is 245 g/mol. The minimum atomic E-state index is 0.0373. The van der Waals surface area contributed by atoms with E-state index in [4.69, 9.17) is 0 Å². The van der Waals surface area contributed by atoms with Gasteiger partial charge in [0.25, 0.3) is 0 Å². The highest BCUT2D eigenvalue weighted by molar-refractivity contribution is 5.97. The molecule has 1 aromatic carbocycles. The van der Waals surface area contributed by atoms with Crippen LogP contribution in [-0.4, -0.2) is 25.3 Å². The van der Waals surface area contributed by atoms with E-state index in [0.29, 0.717) is 0 Å². The van der Waals surface area contributed by atoms with Crippen molar-refractivity contribution in [1.29, 1.82) is 0 Å².